The van der Waals surface area contributed by atoms with Gasteiger partial charge in [-0.3, -0.25) is 0 Å². The number of hydrogen-bond donors (Lipinski definition) is 1. The largest absolute Gasteiger partial charge is 0.314 e. The second-order valence-corrected chi connectivity index (χ2v) is 5.27. The van der Waals surface area contributed by atoms with Crippen LogP contribution in [0.25, 0.3) is 0 Å². The Hall–Kier alpha value is -0.0400. The summed E-state index contributed by atoms with van der Waals surface area (Å²) >= 11 is 0. The van der Waals surface area contributed by atoms with E-state index in [0.29, 0.717) is 0 Å². The third-order valence-corrected chi connectivity index (χ3v) is 3.34. The average Bonchev–Trinajstić information content (AvgIpc) is 2.56. The predicted octanol–water partition coefficient (Wildman–Crippen LogP) is 3.59. The van der Waals surface area contributed by atoms with E-state index < -0.39 is 0 Å². The molecule has 0 aliphatic heterocycles. The van der Waals surface area contributed by atoms with Crippen LogP contribution in [0.15, 0.2) is 0 Å². The Morgan fingerprint density at radius 2 is 1.86 bits per heavy atom. The van der Waals surface area contributed by atoms with Crippen LogP contribution in [0.2, 0.25) is 0 Å². The second-order valence-electron chi connectivity index (χ2n) is 5.27. The molecule has 0 aromatic heterocycles. The first-order chi connectivity index (χ1) is 6.72. The third-order valence-electron chi connectivity index (χ3n) is 3.34. The van der Waals surface area contributed by atoms with E-state index in [1.54, 1.807) is 0 Å². The molecule has 1 nitrogen and oxygen atoms in total. The van der Waals surface area contributed by atoms with Crippen molar-refractivity contribution in [3.05, 3.63) is 0 Å². The van der Waals surface area contributed by atoms with E-state index >= 15 is 0 Å². The minimum Gasteiger partial charge on any atom is -0.314 e. The van der Waals surface area contributed by atoms with Gasteiger partial charge in [-0.05, 0) is 31.2 Å². The number of rotatable bonds is 6. The maximum absolute atomic E-state index is 3.64. The van der Waals surface area contributed by atoms with Gasteiger partial charge in [0.25, 0.3) is 0 Å². The minimum atomic E-state index is 0.781. The van der Waals surface area contributed by atoms with E-state index in [1.165, 1.54) is 38.5 Å². The highest BCUT2D eigenvalue weighted by Gasteiger charge is 2.19. The van der Waals surface area contributed by atoms with Gasteiger partial charge >= 0.3 is 0 Å². The molecule has 0 spiro atoms. The summed E-state index contributed by atoms with van der Waals surface area (Å²) in [6, 6.07) is 0.781. The van der Waals surface area contributed by atoms with Crippen molar-refractivity contribution in [1.82, 2.24) is 5.32 Å². The maximum atomic E-state index is 3.64. The van der Waals surface area contributed by atoms with Crippen LogP contribution < -0.4 is 5.32 Å². The Labute approximate surface area is 89.7 Å². The first kappa shape index (κ1) is 12.0. The van der Waals surface area contributed by atoms with Crippen LogP contribution in [0.3, 0.4) is 0 Å². The first-order valence-electron chi connectivity index (χ1n) is 6.45. The molecule has 1 heteroatoms. The molecule has 1 fully saturated rings. The standard InChI is InChI=1S/C13H27N/c1-4-14-13(9-11(2)3)10-12-7-5-6-8-12/h11-14H,4-10H2,1-3H3. The van der Waals surface area contributed by atoms with E-state index in [-0.39, 0.29) is 0 Å². The van der Waals surface area contributed by atoms with Gasteiger partial charge in [-0.15, -0.1) is 0 Å². The molecule has 0 radical (unpaired) electrons. The highest BCUT2D eigenvalue weighted by Crippen LogP contribution is 2.29. The van der Waals surface area contributed by atoms with Crippen molar-refractivity contribution >= 4 is 0 Å². The van der Waals surface area contributed by atoms with Crippen LogP contribution in [-0.4, -0.2) is 12.6 Å². The second kappa shape index (κ2) is 6.44. The van der Waals surface area contributed by atoms with Gasteiger partial charge in [-0.1, -0.05) is 46.5 Å². The van der Waals surface area contributed by atoms with Gasteiger partial charge in [0.1, 0.15) is 0 Å². The summed E-state index contributed by atoms with van der Waals surface area (Å²) in [4.78, 5) is 0. The molecule has 0 aromatic carbocycles. The molecule has 1 atom stereocenters. The zero-order valence-electron chi connectivity index (χ0n) is 10.2. The Bertz CT molecular complexity index is 136. The molecule has 0 heterocycles. The van der Waals surface area contributed by atoms with E-state index in [2.05, 4.69) is 26.1 Å². The van der Waals surface area contributed by atoms with Gasteiger partial charge in [0, 0.05) is 6.04 Å². The van der Waals surface area contributed by atoms with Crippen molar-refractivity contribution in [3.8, 4) is 0 Å². The number of nitrogens with one attached hydrogen (secondary N) is 1. The molecular formula is C13H27N. The SMILES string of the molecule is CCNC(CC(C)C)CC1CCCC1. The first-order valence-corrected chi connectivity index (χ1v) is 6.45. The normalized spacial score (nSPS) is 20.6. The van der Waals surface area contributed by atoms with Crippen LogP contribution in [0.5, 0.6) is 0 Å². The molecule has 1 N–H and O–H groups in total. The fourth-order valence-corrected chi connectivity index (χ4v) is 2.77. The van der Waals surface area contributed by atoms with Gasteiger partial charge < -0.3 is 5.32 Å². The summed E-state index contributed by atoms with van der Waals surface area (Å²) in [5, 5.41) is 3.64. The maximum Gasteiger partial charge on any atom is 0.00720 e. The Kier molecular flexibility index (Phi) is 5.54. The Morgan fingerprint density at radius 1 is 1.21 bits per heavy atom. The Balaban J connectivity index is 2.25. The molecule has 0 bridgehead atoms. The topological polar surface area (TPSA) is 12.0 Å². The summed E-state index contributed by atoms with van der Waals surface area (Å²) in [6.45, 7) is 8.02. The van der Waals surface area contributed by atoms with Crippen LogP contribution in [0.1, 0.15) is 59.3 Å². The summed E-state index contributed by atoms with van der Waals surface area (Å²) in [6.07, 6.45) is 8.70. The molecule has 1 aliphatic rings. The third kappa shape index (κ3) is 4.45. The van der Waals surface area contributed by atoms with Crippen molar-refractivity contribution in [2.45, 2.75) is 65.3 Å². The van der Waals surface area contributed by atoms with Crippen molar-refractivity contribution in [2.24, 2.45) is 11.8 Å². The molecular weight excluding hydrogens is 170 g/mol. The van der Waals surface area contributed by atoms with E-state index in [4.69, 9.17) is 0 Å². The van der Waals surface area contributed by atoms with E-state index in [0.717, 1.165) is 24.4 Å². The predicted molar refractivity (Wildman–Crippen MR) is 63.5 cm³/mol. The van der Waals surface area contributed by atoms with Crippen molar-refractivity contribution < 1.29 is 0 Å². The van der Waals surface area contributed by atoms with E-state index in [9.17, 15) is 0 Å². The van der Waals surface area contributed by atoms with Crippen LogP contribution in [-0.2, 0) is 0 Å². The fourth-order valence-electron chi connectivity index (χ4n) is 2.77. The lowest BCUT2D eigenvalue weighted by atomic mass is 9.93. The van der Waals surface area contributed by atoms with Gasteiger partial charge in [0.05, 0.1) is 0 Å². The lowest BCUT2D eigenvalue weighted by Gasteiger charge is -2.23. The monoisotopic (exact) mass is 197 g/mol. The van der Waals surface area contributed by atoms with Crippen LogP contribution >= 0.6 is 0 Å². The van der Waals surface area contributed by atoms with Gasteiger partial charge in [0.15, 0.2) is 0 Å². The van der Waals surface area contributed by atoms with Crippen molar-refractivity contribution in [2.75, 3.05) is 6.54 Å². The van der Waals surface area contributed by atoms with Crippen molar-refractivity contribution in [1.29, 1.82) is 0 Å². The smallest absolute Gasteiger partial charge is 0.00720 e. The molecule has 1 saturated carbocycles. The lowest BCUT2D eigenvalue weighted by Crippen LogP contribution is -2.31. The minimum absolute atomic E-state index is 0.781. The zero-order chi connectivity index (χ0) is 10.4. The molecule has 14 heavy (non-hydrogen) atoms. The summed E-state index contributed by atoms with van der Waals surface area (Å²) in [7, 11) is 0. The highest BCUT2D eigenvalue weighted by atomic mass is 14.9. The van der Waals surface area contributed by atoms with E-state index in [1.807, 2.05) is 0 Å². The fraction of sp³-hybridized carbons (Fsp3) is 1.00. The Morgan fingerprint density at radius 3 is 2.36 bits per heavy atom. The average molecular weight is 197 g/mol. The van der Waals surface area contributed by atoms with Gasteiger partial charge in [0.2, 0.25) is 0 Å². The molecule has 84 valence electrons. The molecule has 0 saturated heterocycles. The quantitative estimate of drug-likeness (QED) is 0.686. The summed E-state index contributed by atoms with van der Waals surface area (Å²) in [5.74, 6) is 1.86. The van der Waals surface area contributed by atoms with Crippen molar-refractivity contribution in [3.63, 3.8) is 0 Å². The van der Waals surface area contributed by atoms with Crippen LogP contribution in [0, 0.1) is 11.8 Å². The molecule has 0 aromatic rings. The highest BCUT2D eigenvalue weighted by molar-refractivity contribution is 4.76. The summed E-state index contributed by atoms with van der Waals surface area (Å²) < 4.78 is 0. The van der Waals surface area contributed by atoms with Crippen LogP contribution in [0.4, 0.5) is 0 Å². The lowest BCUT2D eigenvalue weighted by molar-refractivity contribution is 0.345. The molecule has 1 rings (SSSR count). The van der Waals surface area contributed by atoms with Gasteiger partial charge in [-0.2, -0.15) is 0 Å². The summed E-state index contributed by atoms with van der Waals surface area (Å²) in [5.41, 5.74) is 0. The van der Waals surface area contributed by atoms with Gasteiger partial charge in [-0.25, -0.2) is 0 Å². The number of hydrogen-bond acceptors (Lipinski definition) is 1. The zero-order valence-corrected chi connectivity index (χ0v) is 10.2. The molecule has 1 aliphatic carbocycles. The molecule has 0 amide bonds. The molecule has 1 unspecified atom stereocenters.